The summed E-state index contributed by atoms with van der Waals surface area (Å²) in [6.45, 7) is 0.647. The molecule has 0 unspecified atom stereocenters. The van der Waals surface area contributed by atoms with Crippen molar-refractivity contribution in [3.8, 4) is 0 Å². The molecule has 21 heavy (non-hydrogen) atoms. The molecular weight excluding hydrogens is 290 g/mol. The zero-order chi connectivity index (χ0) is 15.4. The van der Waals surface area contributed by atoms with Crippen LogP contribution in [0.1, 0.15) is 29.6 Å². The minimum atomic E-state index is -0.168. The molecule has 6 heteroatoms. The van der Waals surface area contributed by atoms with E-state index in [0.717, 1.165) is 0 Å². The summed E-state index contributed by atoms with van der Waals surface area (Å²) in [5.41, 5.74) is 0.894. The number of rotatable bonds is 6. The highest BCUT2D eigenvalue weighted by molar-refractivity contribution is 6.31. The van der Waals surface area contributed by atoms with E-state index in [1.165, 1.54) is 17.7 Å². The summed E-state index contributed by atoms with van der Waals surface area (Å²) in [5, 5.41) is 6.53. The van der Waals surface area contributed by atoms with Gasteiger partial charge in [0.15, 0.2) is 0 Å². The lowest BCUT2D eigenvalue weighted by molar-refractivity contribution is -0.116. The summed E-state index contributed by atoms with van der Waals surface area (Å²) in [6, 6.07) is 5.45. The van der Waals surface area contributed by atoms with Gasteiger partial charge in [-0.3, -0.25) is 9.59 Å². The lowest BCUT2D eigenvalue weighted by Crippen LogP contribution is -2.26. The van der Waals surface area contributed by atoms with Crippen LogP contribution in [0.3, 0.4) is 0 Å². The van der Waals surface area contributed by atoms with E-state index in [1.807, 2.05) is 0 Å². The minimum Gasteiger partial charge on any atom is -0.345 e. The standard InChI is InChI=1S/C15H20ClN3O2/c1-19(2)15(21)12-6-3-10(16)9-13(12)18-14(20)7-8-17-11-4-5-11/h3,6,9,11,17H,4-5,7-8H2,1-2H3,(H,18,20). The summed E-state index contributed by atoms with van der Waals surface area (Å²) in [7, 11) is 3.34. The molecule has 1 fully saturated rings. The summed E-state index contributed by atoms with van der Waals surface area (Å²) in [5.74, 6) is -0.295. The molecule has 0 aromatic heterocycles. The monoisotopic (exact) mass is 309 g/mol. The zero-order valence-electron chi connectivity index (χ0n) is 12.3. The summed E-state index contributed by atoms with van der Waals surface area (Å²) in [4.78, 5) is 25.5. The van der Waals surface area contributed by atoms with Crippen LogP contribution in [0.15, 0.2) is 18.2 Å². The summed E-state index contributed by atoms with van der Waals surface area (Å²) >= 11 is 5.95. The maximum Gasteiger partial charge on any atom is 0.255 e. The van der Waals surface area contributed by atoms with E-state index >= 15 is 0 Å². The Morgan fingerprint density at radius 3 is 2.67 bits per heavy atom. The van der Waals surface area contributed by atoms with E-state index in [1.54, 1.807) is 32.3 Å². The molecule has 5 nitrogen and oxygen atoms in total. The topological polar surface area (TPSA) is 61.4 Å². The molecule has 1 aliphatic rings. The van der Waals surface area contributed by atoms with Gasteiger partial charge in [-0.05, 0) is 31.0 Å². The normalized spacial score (nSPS) is 13.9. The Bertz CT molecular complexity index is 542. The van der Waals surface area contributed by atoms with Gasteiger partial charge in [-0.25, -0.2) is 0 Å². The zero-order valence-corrected chi connectivity index (χ0v) is 13.0. The minimum absolute atomic E-state index is 0.127. The average Bonchev–Trinajstić information content (AvgIpc) is 3.22. The average molecular weight is 310 g/mol. The predicted molar refractivity (Wildman–Crippen MR) is 83.7 cm³/mol. The van der Waals surface area contributed by atoms with Crippen molar-refractivity contribution in [2.75, 3.05) is 26.0 Å². The number of halogens is 1. The lowest BCUT2D eigenvalue weighted by Gasteiger charge is -2.15. The summed E-state index contributed by atoms with van der Waals surface area (Å²) < 4.78 is 0. The molecule has 2 N–H and O–H groups in total. The van der Waals surface area contributed by atoms with Crippen molar-refractivity contribution < 1.29 is 9.59 Å². The third-order valence-corrected chi connectivity index (χ3v) is 3.49. The SMILES string of the molecule is CN(C)C(=O)c1ccc(Cl)cc1NC(=O)CCNC1CC1. The van der Waals surface area contributed by atoms with Gasteiger partial charge in [-0.1, -0.05) is 11.6 Å². The Morgan fingerprint density at radius 1 is 1.33 bits per heavy atom. The Hall–Kier alpha value is -1.59. The van der Waals surface area contributed by atoms with Gasteiger partial charge in [0.2, 0.25) is 5.91 Å². The lowest BCUT2D eigenvalue weighted by atomic mass is 10.1. The van der Waals surface area contributed by atoms with Crippen molar-refractivity contribution in [2.24, 2.45) is 0 Å². The first-order valence-corrected chi connectivity index (χ1v) is 7.39. The number of carbonyl (C=O) groups excluding carboxylic acids is 2. The van der Waals surface area contributed by atoms with Crippen molar-refractivity contribution in [3.05, 3.63) is 28.8 Å². The van der Waals surface area contributed by atoms with Gasteiger partial charge in [0.25, 0.3) is 5.91 Å². The molecule has 2 rings (SSSR count). The van der Waals surface area contributed by atoms with Crippen molar-refractivity contribution in [1.29, 1.82) is 0 Å². The molecule has 0 atom stereocenters. The molecule has 1 aromatic rings. The van der Waals surface area contributed by atoms with Crippen LogP contribution in [0, 0.1) is 0 Å². The van der Waals surface area contributed by atoms with E-state index in [4.69, 9.17) is 11.6 Å². The molecule has 1 aromatic carbocycles. The maximum absolute atomic E-state index is 12.1. The fourth-order valence-electron chi connectivity index (χ4n) is 1.94. The molecule has 0 radical (unpaired) electrons. The molecule has 114 valence electrons. The molecule has 1 aliphatic carbocycles. The number of carbonyl (C=O) groups is 2. The van der Waals surface area contributed by atoms with E-state index in [-0.39, 0.29) is 11.8 Å². The molecule has 0 saturated heterocycles. The third-order valence-electron chi connectivity index (χ3n) is 3.25. The van der Waals surface area contributed by atoms with E-state index in [9.17, 15) is 9.59 Å². The number of amides is 2. The van der Waals surface area contributed by atoms with Crippen molar-refractivity contribution >= 4 is 29.1 Å². The van der Waals surface area contributed by atoms with Crippen LogP contribution < -0.4 is 10.6 Å². The van der Waals surface area contributed by atoms with E-state index in [2.05, 4.69) is 10.6 Å². The number of hydrogen-bond acceptors (Lipinski definition) is 3. The highest BCUT2D eigenvalue weighted by atomic mass is 35.5. The van der Waals surface area contributed by atoms with Gasteiger partial charge in [0.1, 0.15) is 0 Å². The number of benzene rings is 1. The molecule has 0 bridgehead atoms. The van der Waals surface area contributed by atoms with Gasteiger partial charge in [0.05, 0.1) is 11.3 Å². The second-order valence-electron chi connectivity index (χ2n) is 5.42. The van der Waals surface area contributed by atoms with Crippen LogP contribution in [-0.2, 0) is 4.79 Å². The van der Waals surface area contributed by atoms with Crippen molar-refractivity contribution in [3.63, 3.8) is 0 Å². The van der Waals surface area contributed by atoms with E-state index in [0.29, 0.717) is 35.3 Å². The van der Waals surface area contributed by atoms with Gasteiger partial charge in [-0.15, -0.1) is 0 Å². The van der Waals surface area contributed by atoms with Crippen LogP contribution in [0.4, 0.5) is 5.69 Å². The van der Waals surface area contributed by atoms with Crippen LogP contribution in [0.2, 0.25) is 5.02 Å². The first kappa shape index (κ1) is 15.8. The first-order chi connectivity index (χ1) is 9.97. The van der Waals surface area contributed by atoms with Crippen LogP contribution in [0.25, 0.3) is 0 Å². The quantitative estimate of drug-likeness (QED) is 0.846. The second kappa shape index (κ2) is 6.91. The molecule has 0 heterocycles. The maximum atomic E-state index is 12.1. The molecular formula is C15H20ClN3O2. The van der Waals surface area contributed by atoms with Crippen LogP contribution >= 0.6 is 11.6 Å². The van der Waals surface area contributed by atoms with Crippen LogP contribution in [0.5, 0.6) is 0 Å². The van der Waals surface area contributed by atoms with Gasteiger partial charge < -0.3 is 15.5 Å². The Kier molecular flexibility index (Phi) is 5.20. The highest BCUT2D eigenvalue weighted by Crippen LogP contribution is 2.22. The Morgan fingerprint density at radius 2 is 2.05 bits per heavy atom. The number of hydrogen-bond donors (Lipinski definition) is 2. The Balaban J connectivity index is 2.00. The van der Waals surface area contributed by atoms with Gasteiger partial charge in [0, 0.05) is 38.1 Å². The number of nitrogens with one attached hydrogen (secondary N) is 2. The first-order valence-electron chi connectivity index (χ1n) is 7.02. The van der Waals surface area contributed by atoms with Crippen LogP contribution in [-0.4, -0.2) is 43.4 Å². The van der Waals surface area contributed by atoms with Crippen molar-refractivity contribution in [2.45, 2.75) is 25.3 Å². The molecule has 2 amide bonds. The molecule has 1 saturated carbocycles. The fraction of sp³-hybridized carbons (Fsp3) is 0.467. The highest BCUT2D eigenvalue weighted by Gasteiger charge is 2.20. The fourth-order valence-corrected chi connectivity index (χ4v) is 2.11. The van der Waals surface area contributed by atoms with Gasteiger partial charge >= 0.3 is 0 Å². The number of nitrogens with zero attached hydrogens (tertiary/aromatic N) is 1. The van der Waals surface area contributed by atoms with Gasteiger partial charge in [-0.2, -0.15) is 0 Å². The smallest absolute Gasteiger partial charge is 0.255 e. The van der Waals surface area contributed by atoms with E-state index < -0.39 is 0 Å². The largest absolute Gasteiger partial charge is 0.345 e. The van der Waals surface area contributed by atoms with Crippen molar-refractivity contribution in [1.82, 2.24) is 10.2 Å². The Labute approximate surface area is 129 Å². The second-order valence-corrected chi connectivity index (χ2v) is 5.85. The number of anilines is 1. The third kappa shape index (κ3) is 4.72. The molecule has 0 aliphatic heterocycles. The summed E-state index contributed by atoms with van der Waals surface area (Å²) in [6.07, 6.45) is 2.76. The molecule has 0 spiro atoms. The predicted octanol–water partition coefficient (Wildman–Crippen LogP) is 2.12.